The minimum absolute atomic E-state index is 0.0514. The van der Waals surface area contributed by atoms with Crippen LogP contribution in [-0.4, -0.2) is 30.7 Å². The van der Waals surface area contributed by atoms with E-state index in [-0.39, 0.29) is 12.6 Å². The first kappa shape index (κ1) is 14.7. The lowest BCUT2D eigenvalue weighted by molar-refractivity contribution is 0.0144. The Balaban J connectivity index is 2.33. The van der Waals surface area contributed by atoms with Crippen molar-refractivity contribution in [2.75, 3.05) is 18.9 Å². The molecule has 0 aromatic carbocycles. The monoisotopic (exact) mass is 260 g/mol. The van der Waals surface area contributed by atoms with Gasteiger partial charge in [-0.2, -0.15) is 0 Å². The van der Waals surface area contributed by atoms with Crippen molar-refractivity contribution >= 4 is 5.82 Å². The van der Waals surface area contributed by atoms with Gasteiger partial charge in [0.25, 0.3) is 6.43 Å². The summed E-state index contributed by atoms with van der Waals surface area (Å²) in [6.45, 7) is -0.306. The first-order valence-electron chi connectivity index (χ1n) is 5.64. The zero-order chi connectivity index (χ0) is 13.4. The fourth-order valence-electron chi connectivity index (χ4n) is 1.55. The minimum Gasteiger partial charge on any atom is -0.384 e. The average Bonchev–Trinajstić information content (AvgIpc) is 2.33. The van der Waals surface area contributed by atoms with Crippen LogP contribution in [0, 0.1) is 0 Å². The standard InChI is InChI=1S/C11H18F2N4O/c12-10(13)7-18-4-2-9(17-15)5-8-1-3-16-11(14)6-8/h1,3,6,9-10,17H,2,4-5,7,15H2,(H2,14,16). The van der Waals surface area contributed by atoms with Crippen LogP contribution >= 0.6 is 0 Å². The molecule has 0 saturated heterocycles. The molecular formula is C11H18F2N4O. The zero-order valence-corrected chi connectivity index (χ0v) is 9.98. The normalized spacial score (nSPS) is 12.9. The Kier molecular flexibility index (Phi) is 6.48. The summed E-state index contributed by atoms with van der Waals surface area (Å²) in [6, 6.07) is 3.54. The predicted octanol–water partition coefficient (Wildman–Crippen LogP) is 0.710. The summed E-state index contributed by atoms with van der Waals surface area (Å²) in [4.78, 5) is 3.89. The van der Waals surface area contributed by atoms with Crippen molar-refractivity contribution in [3.63, 3.8) is 0 Å². The van der Waals surface area contributed by atoms with Crippen molar-refractivity contribution in [3.8, 4) is 0 Å². The molecule has 1 atom stereocenters. The quantitative estimate of drug-likeness (QED) is 0.364. The molecule has 0 spiro atoms. The number of alkyl halides is 2. The van der Waals surface area contributed by atoms with Crippen LogP contribution in [0.4, 0.5) is 14.6 Å². The smallest absolute Gasteiger partial charge is 0.261 e. The summed E-state index contributed by atoms with van der Waals surface area (Å²) in [6.07, 6.45) is 0.368. The van der Waals surface area contributed by atoms with Gasteiger partial charge in [0.15, 0.2) is 0 Å². The second kappa shape index (κ2) is 7.91. The first-order valence-corrected chi connectivity index (χ1v) is 5.64. The van der Waals surface area contributed by atoms with Crippen LogP contribution in [0.25, 0.3) is 0 Å². The van der Waals surface area contributed by atoms with E-state index < -0.39 is 13.0 Å². The number of nitrogens with one attached hydrogen (secondary N) is 1. The maximum absolute atomic E-state index is 11.8. The van der Waals surface area contributed by atoms with Gasteiger partial charge in [-0.15, -0.1) is 0 Å². The number of ether oxygens (including phenoxy) is 1. The van der Waals surface area contributed by atoms with Gasteiger partial charge in [0.2, 0.25) is 0 Å². The Hall–Kier alpha value is -1.31. The van der Waals surface area contributed by atoms with Gasteiger partial charge < -0.3 is 10.5 Å². The summed E-state index contributed by atoms with van der Waals surface area (Å²) in [5, 5.41) is 0. The highest BCUT2D eigenvalue weighted by molar-refractivity contribution is 5.32. The second-order valence-corrected chi connectivity index (χ2v) is 3.91. The van der Waals surface area contributed by atoms with Gasteiger partial charge in [-0.1, -0.05) is 0 Å². The summed E-state index contributed by atoms with van der Waals surface area (Å²) in [5.74, 6) is 5.84. The Morgan fingerprint density at radius 1 is 1.44 bits per heavy atom. The lowest BCUT2D eigenvalue weighted by Gasteiger charge is -2.16. The lowest BCUT2D eigenvalue weighted by Crippen LogP contribution is -2.37. The highest BCUT2D eigenvalue weighted by Crippen LogP contribution is 2.08. The number of hydrogen-bond acceptors (Lipinski definition) is 5. The van der Waals surface area contributed by atoms with E-state index in [0.29, 0.717) is 18.7 Å². The van der Waals surface area contributed by atoms with E-state index >= 15 is 0 Å². The molecule has 0 amide bonds. The molecule has 0 aliphatic heterocycles. The summed E-state index contributed by atoms with van der Waals surface area (Å²) in [5.41, 5.74) is 9.17. The Morgan fingerprint density at radius 2 is 2.22 bits per heavy atom. The molecule has 7 heteroatoms. The number of hydrogen-bond donors (Lipinski definition) is 3. The van der Waals surface area contributed by atoms with Gasteiger partial charge in [0, 0.05) is 18.8 Å². The van der Waals surface area contributed by atoms with Crippen LogP contribution in [0.2, 0.25) is 0 Å². The number of hydrazine groups is 1. The first-order chi connectivity index (χ1) is 8.61. The molecule has 0 radical (unpaired) electrons. The van der Waals surface area contributed by atoms with Gasteiger partial charge in [0.1, 0.15) is 12.4 Å². The van der Waals surface area contributed by atoms with Crippen LogP contribution in [0.1, 0.15) is 12.0 Å². The molecule has 5 N–H and O–H groups in total. The number of rotatable bonds is 8. The third kappa shape index (κ3) is 5.85. The van der Waals surface area contributed by atoms with Gasteiger partial charge >= 0.3 is 0 Å². The molecule has 1 heterocycles. The van der Waals surface area contributed by atoms with Gasteiger partial charge in [0.05, 0.1) is 0 Å². The number of nitrogens with two attached hydrogens (primary N) is 2. The van der Waals surface area contributed by atoms with Gasteiger partial charge in [-0.25, -0.2) is 13.8 Å². The maximum Gasteiger partial charge on any atom is 0.261 e. The van der Waals surface area contributed by atoms with E-state index in [1.807, 2.05) is 6.07 Å². The van der Waals surface area contributed by atoms with Crippen LogP contribution in [-0.2, 0) is 11.2 Å². The molecule has 0 aliphatic rings. The molecule has 5 nitrogen and oxygen atoms in total. The van der Waals surface area contributed by atoms with E-state index in [0.717, 1.165) is 5.56 Å². The zero-order valence-electron chi connectivity index (χ0n) is 9.98. The predicted molar refractivity (Wildman–Crippen MR) is 64.9 cm³/mol. The third-order valence-electron chi connectivity index (χ3n) is 2.42. The van der Waals surface area contributed by atoms with E-state index in [2.05, 4.69) is 10.4 Å². The van der Waals surface area contributed by atoms with Crippen molar-refractivity contribution in [1.29, 1.82) is 0 Å². The lowest BCUT2D eigenvalue weighted by atomic mass is 10.1. The van der Waals surface area contributed by atoms with E-state index in [1.54, 1.807) is 12.3 Å². The van der Waals surface area contributed by atoms with E-state index in [1.165, 1.54) is 0 Å². The highest BCUT2D eigenvalue weighted by atomic mass is 19.3. The average molecular weight is 260 g/mol. The molecule has 0 fully saturated rings. The van der Waals surface area contributed by atoms with Crippen LogP contribution in [0.15, 0.2) is 18.3 Å². The van der Waals surface area contributed by atoms with E-state index in [9.17, 15) is 8.78 Å². The van der Waals surface area contributed by atoms with Crippen molar-refractivity contribution in [2.45, 2.75) is 25.3 Å². The SMILES string of the molecule is NNC(CCOCC(F)F)Cc1ccnc(N)c1. The molecule has 1 aromatic rings. The number of aromatic nitrogens is 1. The van der Waals surface area contributed by atoms with Gasteiger partial charge in [-0.3, -0.25) is 11.3 Å². The number of anilines is 1. The van der Waals surface area contributed by atoms with Crippen molar-refractivity contribution in [1.82, 2.24) is 10.4 Å². The molecule has 1 unspecified atom stereocenters. The molecule has 1 rings (SSSR count). The van der Waals surface area contributed by atoms with Crippen molar-refractivity contribution in [2.24, 2.45) is 5.84 Å². The van der Waals surface area contributed by atoms with Crippen LogP contribution < -0.4 is 17.0 Å². The number of nitrogens with zero attached hydrogens (tertiary/aromatic N) is 1. The fraction of sp³-hybridized carbons (Fsp3) is 0.545. The van der Waals surface area contributed by atoms with Crippen molar-refractivity contribution < 1.29 is 13.5 Å². The molecule has 0 aliphatic carbocycles. The maximum atomic E-state index is 11.8. The summed E-state index contributed by atoms with van der Waals surface area (Å²) in [7, 11) is 0. The van der Waals surface area contributed by atoms with E-state index in [4.69, 9.17) is 16.3 Å². The third-order valence-corrected chi connectivity index (χ3v) is 2.42. The van der Waals surface area contributed by atoms with Crippen LogP contribution in [0.3, 0.4) is 0 Å². The Morgan fingerprint density at radius 3 is 2.83 bits per heavy atom. The van der Waals surface area contributed by atoms with Crippen LogP contribution in [0.5, 0.6) is 0 Å². The topological polar surface area (TPSA) is 86.2 Å². The minimum atomic E-state index is -2.44. The number of nitrogen functional groups attached to an aromatic ring is 1. The summed E-state index contributed by atoms with van der Waals surface area (Å²) >= 11 is 0. The molecule has 102 valence electrons. The number of halogens is 2. The van der Waals surface area contributed by atoms with Gasteiger partial charge in [-0.05, 0) is 30.5 Å². The molecule has 0 bridgehead atoms. The molecule has 18 heavy (non-hydrogen) atoms. The second-order valence-electron chi connectivity index (χ2n) is 3.91. The Labute approximate surface area is 104 Å². The highest BCUT2D eigenvalue weighted by Gasteiger charge is 2.09. The van der Waals surface area contributed by atoms with Crippen molar-refractivity contribution in [3.05, 3.63) is 23.9 Å². The summed E-state index contributed by atoms with van der Waals surface area (Å²) < 4.78 is 28.5. The molecule has 1 aromatic heterocycles. The fourth-order valence-corrected chi connectivity index (χ4v) is 1.55. The number of pyridine rings is 1. The molecular weight excluding hydrogens is 242 g/mol. The Bertz CT molecular complexity index is 352. The molecule has 0 saturated carbocycles. The largest absolute Gasteiger partial charge is 0.384 e.